The molecule has 0 bridgehead atoms. The lowest BCUT2D eigenvalue weighted by atomic mass is 9.70. The van der Waals surface area contributed by atoms with Gasteiger partial charge in [-0.05, 0) is 130 Å². The molecule has 70 heavy (non-hydrogen) atoms. The minimum atomic E-state index is -2.65. The quantitative estimate of drug-likeness (QED) is 0.155. The zero-order valence-corrected chi connectivity index (χ0v) is 39.2. The summed E-state index contributed by atoms with van der Waals surface area (Å²) in [6.07, 6.45) is 0. The molecule has 1 aromatic heterocycles. The van der Waals surface area contributed by atoms with E-state index in [1.807, 2.05) is 6.07 Å². The number of para-hydroxylation sites is 1. The van der Waals surface area contributed by atoms with E-state index in [2.05, 4.69) is 260 Å². The number of hydrogen-bond donors (Lipinski definition) is 0. The molecule has 0 N–H and O–H groups in total. The Morgan fingerprint density at radius 1 is 0.300 bits per heavy atom. The minimum Gasteiger partial charge on any atom is -0.456 e. The van der Waals surface area contributed by atoms with Gasteiger partial charge in [0, 0.05) is 33.9 Å². The smallest absolute Gasteiger partial charge is 0.180 e. The van der Waals surface area contributed by atoms with E-state index in [4.69, 9.17) is 4.42 Å². The van der Waals surface area contributed by atoms with E-state index in [0.29, 0.717) is 0 Å². The maximum atomic E-state index is 6.58. The predicted molar refractivity (Wildman–Crippen MR) is 293 cm³/mol. The summed E-state index contributed by atoms with van der Waals surface area (Å²) in [5, 5.41) is 7.94. The molecule has 0 saturated heterocycles. The van der Waals surface area contributed by atoms with Gasteiger partial charge in [-0.3, -0.25) is 0 Å². The Morgan fingerprint density at radius 2 is 0.800 bits per heavy atom. The van der Waals surface area contributed by atoms with E-state index >= 15 is 0 Å². The van der Waals surface area contributed by atoms with E-state index in [1.165, 1.54) is 87.5 Å². The average Bonchev–Trinajstić information content (AvgIpc) is 4.14. The molecule has 0 saturated carbocycles. The first-order chi connectivity index (χ1) is 34.7. The van der Waals surface area contributed by atoms with Crippen molar-refractivity contribution in [3.8, 4) is 44.5 Å². The van der Waals surface area contributed by atoms with Gasteiger partial charge in [-0.2, -0.15) is 0 Å². The fraction of sp³-hybridized carbons (Fsp3) is 0.0149. The molecule has 2 aliphatic carbocycles. The highest BCUT2D eigenvalue weighted by atomic mass is 28.3. The van der Waals surface area contributed by atoms with Gasteiger partial charge in [0.1, 0.15) is 11.2 Å². The van der Waals surface area contributed by atoms with Gasteiger partial charge in [0.25, 0.3) is 0 Å². The van der Waals surface area contributed by atoms with E-state index in [1.54, 1.807) is 0 Å². The van der Waals surface area contributed by atoms with Crippen molar-refractivity contribution in [2.45, 2.75) is 5.41 Å². The topological polar surface area (TPSA) is 16.4 Å². The molecule has 0 amide bonds. The zero-order chi connectivity index (χ0) is 46.0. The third-order valence-corrected chi connectivity index (χ3v) is 20.6. The van der Waals surface area contributed by atoms with Gasteiger partial charge in [0.2, 0.25) is 0 Å². The van der Waals surface area contributed by atoms with Gasteiger partial charge < -0.3 is 9.32 Å². The molecule has 0 unspecified atom stereocenters. The van der Waals surface area contributed by atoms with Crippen molar-refractivity contribution >= 4 is 67.8 Å². The first-order valence-corrected chi connectivity index (χ1v) is 26.3. The number of rotatable bonds is 6. The summed E-state index contributed by atoms with van der Waals surface area (Å²) in [7, 11) is -2.65. The van der Waals surface area contributed by atoms with Gasteiger partial charge in [0.05, 0.1) is 5.41 Å². The molecule has 326 valence electrons. The molecule has 3 aliphatic rings. The Bertz CT molecular complexity index is 3980. The Kier molecular flexibility index (Phi) is 8.34. The van der Waals surface area contributed by atoms with E-state index in [0.717, 1.165) is 39.0 Å². The van der Waals surface area contributed by atoms with Crippen molar-refractivity contribution in [1.29, 1.82) is 0 Å². The van der Waals surface area contributed by atoms with Crippen LogP contribution in [0.3, 0.4) is 0 Å². The number of nitrogens with zero attached hydrogens (tertiary/aromatic N) is 1. The van der Waals surface area contributed by atoms with Crippen LogP contribution < -0.4 is 25.6 Å². The van der Waals surface area contributed by atoms with Crippen LogP contribution in [0.4, 0.5) is 17.1 Å². The number of fused-ring (bicyclic) bond motifs is 16. The van der Waals surface area contributed by atoms with E-state index in [9.17, 15) is 0 Å². The molecular formula is C67H43NOSi. The average molecular weight is 906 g/mol. The van der Waals surface area contributed by atoms with Crippen molar-refractivity contribution in [1.82, 2.24) is 0 Å². The third-order valence-electron chi connectivity index (χ3n) is 15.8. The van der Waals surface area contributed by atoms with Crippen LogP contribution in [0.1, 0.15) is 22.3 Å². The predicted octanol–water partition coefficient (Wildman–Crippen LogP) is 14.4. The van der Waals surface area contributed by atoms with Crippen LogP contribution in [0.25, 0.3) is 66.4 Å². The molecule has 3 heteroatoms. The maximum Gasteiger partial charge on any atom is 0.180 e. The Morgan fingerprint density at radius 3 is 1.47 bits per heavy atom. The normalized spacial score (nSPS) is 13.9. The molecule has 0 atom stereocenters. The van der Waals surface area contributed by atoms with Gasteiger partial charge >= 0.3 is 0 Å². The van der Waals surface area contributed by atoms with Crippen LogP contribution in [0.2, 0.25) is 0 Å². The molecule has 0 radical (unpaired) electrons. The molecule has 1 spiro atoms. The largest absolute Gasteiger partial charge is 0.456 e. The molecule has 2 heterocycles. The van der Waals surface area contributed by atoms with Crippen LogP contribution >= 0.6 is 0 Å². The number of hydrogen-bond acceptors (Lipinski definition) is 2. The highest BCUT2D eigenvalue weighted by Gasteiger charge is 2.52. The van der Waals surface area contributed by atoms with Crippen molar-refractivity contribution in [3.05, 3.63) is 283 Å². The van der Waals surface area contributed by atoms with Crippen molar-refractivity contribution in [2.24, 2.45) is 0 Å². The maximum absolute atomic E-state index is 6.58. The van der Waals surface area contributed by atoms with Gasteiger partial charge in [-0.1, -0.05) is 212 Å². The molecule has 2 nitrogen and oxygen atoms in total. The lowest BCUT2D eigenvalue weighted by Gasteiger charge is -2.32. The molecule has 12 aromatic rings. The molecular weight excluding hydrogens is 863 g/mol. The zero-order valence-electron chi connectivity index (χ0n) is 38.2. The SMILES string of the molecule is c1ccc([Si]2(c3cccc(-c4ccc(N(c5ccc6c(c5)C5(c7ccccc7-c7ccccc75)c5ccccc5-6)c5ccc6c(c5)oc5ccccc56)cc4)c3)c3ccccc3-c3ccccc32)cc1. The Labute approximate surface area is 408 Å². The van der Waals surface area contributed by atoms with Crippen LogP contribution in [-0.4, -0.2) is 8.07 Å². The van der Waals surface area contributed by atoms with Crippen LogP contribution in [0.5, 0.6) is 0 Å². The van der Waals surface area contributed by atoms with Crippen LogP contribution in [0, 0.1) is 0 Å². The molecule has 1 aliphatic heterocycles. The summed E-state index contributed by atoms with van der Waals surface area (Å²) in [6, 6.07) is 97.4. The second kappa shape index (κ2) is 14.9. The summed E-state index contributed by atoms with van der Waals surface area (Å²) in [5.74, 6) is 0. The third kappa shape index (κ3) is 5.27. The van der Waals surface area contributed by atoms with Crippen molar-refractivity contribution in [3.63, 3.8) is 0 Å². The Balaban J connectivity index is 0.906. The van der Waals surface area contributed by atoms with Crippen molar-refractivity contribution in [2.75, 3.05) is 4.90 Å². The second-order valence-electron chi connectivity index (χ2n) is 19.1. The molecule has 11 aromatic carbocycles. The molecule has 0 fully saturated rings. The fourth-order valence-corrected chi connectivity index (χ4v) is 18.2. The lowest BCUT2D eigenvalue weighted by Crippen LogP contribution is -2.72. The van der Waals surface area contributed by atoms with Crippen molar-refractivity contribution < 1.29 is 4.42 Å². The van der Waals surface area contributed by atoms with Crippen LogP contribution in [-0.2, 0) is 5.41 Å². The van der Waals surface area contributed by atoms with Gasteiger partial charge in [-0.15, -0.1) is 0 Å². The summed E-state index contributed by atoms with van der Waals surface area (Å²) in [4.78, 5) is 2.42. The standard InChI is InChI=1S/C67H43NOSi/c1-2-18-49(19-3-1)70(65-31-14-8-25-57(65)58-26-9-15-32-66(58)70)50-20-16-17-45(41-50)44-33-35-46(36-34-44)68(48-38-40-56-55-24-7-13-30-63(55)69-64(56)43-48)47-37-39-54-53-23-6-12-29-61(53)67(62(54)42-47)59-27-10-4-21-51(59)52-22-5-11-28-60(52)67/h1-43H. The highest BCUT2D eigenvalue weighted by Crippen LogP contribution is 2.63. The number of furan rings is 1. The summed E-state index contributed by atoms with van der Waals surface area (Å²) >= 11 is 0. The molecule has 15 rings (SSSR count). The fourth-order valence-electron chi connectivity index (χ4n) is 13.0. The lowest BCUT2D eigenvalue weighted by molar-refractivity contribution is 0.669. The number of benzene rings is 11. The van der Waals surface area contributed by atoms with Gasteiger partial charge in [-0.25, -0.2) is 0 Å². The Hall–Kier alpha value is -8.76. The van der Waals surface area contributed by atoms with E-state index in [-0.39, 0.29) is 0 Å². The summed E-state index contributed by atoms with van der Waals surface area (Å²) < 4.78 is 6.58. The highest BCUT2D eigenvalue weighted by molar-refractivity contribution is 7.22. The first-order valence-electron chi connectivity index (χ1n) is 24.3. The van der Waals surface area contributed by atoms with E-state index < -0.39 is 13.5 Å². The summed E-state index contributed by atoms with van der Waals surface area (Å²) in [6.45, 7) is 0. The van der Waals surface area contributed by atoms with Crippen LogP contribution in [0.15, 0.2) is 265 Å². The number of anilines is 3. The minimum absolute atomic E-state index is 0.459. The summed E-state index contributed by atoms with van der Waals surface area (Å²) in [5.41, 5.74) is 20.1. The first kappa shape index (κ1) is 39.3. The van der Waals surface area contributed by atoms with Gasteiger partial charge in [0.15, 0.2) is 8.07 Å². The monoisotopic (exact) mass is 905 g/mol. The second-order valence-corrected chi connectivity index (χ2v) is 22.8.